The minimum Gasteiger partial charge on any atom is -0.444 e. The van der Waals surface area contributed by atoms with E-state index < -0.39 is 5.60 Å². The van der Waals surface area contributed by atoms with Crippen LogP contribution < -0.4 is 0 Å². The van der Waals surface area contributed by atoms with Gasteiger partial charge in [0.15, 0.2) is 0 Å². The van der Waals surface area contributed by atoms with Crippen LogP contribution in [0.3, 0.4) is 0 Å². The fourth-order valence-corrected chi connectivity index (χ4v) is 2.07. The van der Waals surface area contributed by atoms with Crippen molar-refractivity contribution in [3.63, 3.8) is 0 Å². The molecule has 1 atom stereocenters. The van der Waals surface area contributed by atoms with Crippen molar-refractivity contribution in [3.8, 4) is 0 Å². The molecule has 1 heterocycles. The number of likely N-dealkylation sites (N-methyl/N-ethyl adjacent to an activating group) is 1. The smallest absolute Gasteiger partial charge is 0.410 e. The van der Waals surface area contributed by atoms with Crippen molar-refractivity contribution in [1.82, 2.24) is 9.80 Å². The normalized spacial score (nSPS) is 20.9. The fourth-order valence-electron chi connectivity index (χ4n) is 2.07. The van der Waals surface area contributed by atoms with E-state index >= 15 is 0 Å². The van der Waals surface area contributed by atoms with Gasteiger partial charge in [0.1, 0.15) is 11.9 Å². The van der Waals surface area contributed by atoms with Gasteiger partial charge in [-0.25, -0.2) is 4.79 Å². The van der Waals surface area contributed by atoms with Gasteiger partial charge in [-0.3, -0.25) is 4.90 Å². The molecule has 1 fully saturated rings. The zero-order valence-corrected chi connectivity index (χ0v) is 11.8. The molecule has 0 unspecified atom stereocenters. The molecule has 1 rings (SSSR count). The Kier molecular flexibility index (Phi) is 5.14. The minimum atomic E-state index is -0.460. The number of piperidine rings is 1. The molecule has 0 saturated carbocycles. The molecular formula is C13H24N2O3. The van der Waals surface area contributed by atoms with Gasteiger partial charge in [0.25, 0.3) is 0 Å². The van der Waals surface area contributed by atoms with Crippen molar-refractivity contribution < 1.29 is 14.3 Å². The summed E-state index contributed by atoms with van der Waals surface area (Å²) >= 11 is 0. The number of amides is 1. The van der Waals surface area contributed by atoms with E-state index in [-0.39, 0.29) is 12.1 Å². The minimum absolute atomic E-state index is 0.247. The van der Waals surface area contributed by atoms with E-state index in [1.54, 1.807) is 4.90 Å². The zero-order chi connectivity index (χ0) is 13.8. The first-order chi connectivity index (χ1) is 8.33. The summed E-state index contributed by atoms with van der Waals surface area (Å²) in [5.74, 6) is 0. The summed E-state index contributed by atoms with van der Waals surface area (Å²) in [6.07, 6.45) is 2.61. The molecule has 0 N–H and O–H groups in total. The lowest BCUT2D eigenvalue weighted by Gasteiger charge is -2.37. The molecule has 0 aromatic heterocycles. The Labute approximate surface area is 109 Å². The highest BCUT2D eigenvalue weighted by Gasteiger charge is 2.29. The summed E-state index contributed by atoms with van der Waals surface area (Å²) in [6, 6.07) is 0.247. The Morgan fingerprint density at radius 2 is 2.17 bits per heavy atom. The van der Waals surface area contributed by atoms with Crippen molar-refractivity contribution in [2.75, 3.05) is 26.7 Å². The molecule has 18 heavy (non-hydrogen) atoms. The van der Waals surface area contributed by atoms with Crippen LogP contribution in [0.25, 0.3) is 0 Å². The van der Waals surface area contributed by atoms with E-state index in [2.05, 4.69) is 0 Å². The SMILES string of the molecule is CN(CC=O)[C@@H]1CCCN(C(=O)OC(C)(C)C)C1. The van der Waals surface area contributed by atoms with E-state index in [4.69, 9.17) is 4.74 Å². The molecule has 0 bridgehead atoms. The molecule has 0 aliphatic carbocycles. The fraction of sp³-hybridized carbons (Fsp3) is 0.846. The van der Waals surface area contributed by atoms with Crippen molar-refractivity contribution in [2.45, 2.75) is 45.3 Å². The van der Waals surface area contributed by atoms with Crippen LogP contribution in [0.5, 0.6) is 0 Å². The standard InChI is InChI=1S/C13H24N2O3/c1-13(2,3)18-12(17)15-7-5-6-11(10-15)14(4)8-9-16/h9,11H,5-8,10H2,1-4H3/t11-/m1/s1. The van der Waals surface area contributed by atoms with Gasteiger partial charge < -0.3 is 14.4 Å². The molecule has 0 aromatic rings. The number of aldehydes is 1. The molecule has 1 aliphatic heterocycles. The van der Waals surface area contributed by atoms with Crippen LogP contribution >= 0.6 is 0 Å². The number of hydrogen-bond acceptors (Lipinski definition) is 4. The largest absolute Gasteiger partial charge is 0.444 e. The van der Waals surface area contributed by atoms with E-state index in [1.165, 1.54) is 0 Å². The lowest BCUT2D eigenvalue weighted by molar-refractivity contribution is -0.109. The van der Waals surface area contributed by atoms with Gasteiger partial charge in [0.05, 0.1) is 6.54 Å². The van der Waals surface area contributed by atoms with Crippen LogP contribution in [0.4, 0.5) is 4.79 Å². The molecule has 5 nitrogen and oxygen atoms in total. The van der Waals surface area contributed by atoms with Crippen LogP contribution in [0, 0.1) is 0 Å². The molecule has 1 amide bonds. The average Bonchev–Trinajstić information content (AvgIpc) is 2.27. The monoisotopic (exact) mass is 256 g/mol. The number of carbonyl (C=O) groups is 2. The first kappa shape index (κ1) is 15.0. The lowest BCUT2D eigenvalue weighted by atomic mass is 10.1. The van der Waals surface area contributed by atoms with E-state index in [0.717, 1.165) is 25.7 Å². The Morgan fingerprint density at radius 3 is 2.72 bits per heavy atom. The van der Waals surface area contributed by atoms with Crippen LogP contribution in [0.1, 0.15) is 33.6 Å². The van der Waals surface area contributed by atoms with E-state index in [0.29, 0.717) is 13.1 Å². The summed E-state index contributed by atoms with van der Waals surface area (Å²) in [7, 11) is 1.91. The molecule has 0 radical (unpaired) electrons. The van der Waals surface area contributed by atoms with Crippen LogP contribution in [-0.2, 0) is 9.53 Å². The maximum Gasteiger partial charge on any atom is 0.410 e. The Hall–Kier alpha value is -1.10. The third-order valence-corrected chi connectivity index (χ3v) is 3.03. The van der Waals surface area contributed by atoms with Gasteiger partial charge in [-0.2, -0.15) is 0 Å². The van der Waals surface area contributed by atoms with E-state index in [1.807, 2.05) is 32.7 Å². The number of nitrogens with zero attached hydrogens (tertiary/aromatic N) is 2. The number of ether oxygens (including phenoxy) is 1. The van der Waals surface area contributed by atoms with Crippen LogP contribution in [0.15, 0.2) is 0 Å². The third kappa shape index (κ3) is 4.64. The Balaban J connectivity index is 2.53. The topological polar surface area (TPSA) is 49.9 Å². The average molecular weight is 256 g/mol. The number of rotatable bonds is 3. The first-order valence-corrected chi connectivity index (χ1v) is 6.45. The second kappa shape index (κ2) is 6.18. The summed E-state index contributed by atoms with van der Waals surface area (Å²) in [6.45, 7) is 7.38. The third-order valence-electron chi connectivity index (χ3n) is 3.03. The van der Waals surface area contributed by atoms with Gasteiger partial charge in [0, 0.05) is 19.1 Å². The van der Waals surface area contributed by atoms with Gasteiger partial charge in [0.2, 0.25) is 0 Å². The van der Waals surface area contributed by atoms with Gasteiger partial charge >= 0.3 is 6.09 Å². The van der Waals surface area contributed by atoms with Gasteiger partial charge in [-0.1, -0.05) is 0 Å². The maximum absolute atomic E-state index is 12.0. The maximum atomic E-state index is 12.0. The molecule has 0 spiro atoms. The van der Waals surface area contributed by atoms with Crippen molar-refractivity contribution in [3.05, 3.63) is 0 Å². The predicted molar refractivity (Wildman–Crippen MR) is 69.5 cm³/mol. The lowest BCUT2D eigenvalue weighted by Crippen LogP contribution is -2.50. The van der Waals surface area contributed by atoms with Crippen LogP contribution in [-0.4, -0.2) is 60.5 Å². The van der Waals surface area contributed by atoms with Crippen LogP contribution in [0.2, 0.25) is 0 Å². The second-order valence-corrected chi connectivity index (χ2v) is 5.83. The predicted octanol–water partition coefficient (Wildman–Crippen LogP) is 1.52. The van der Waals surface area contributed by atoms with Crippen molar-refractivity contribution >= 4 is 12.4 Å². The quantitative estimate of drug-likeness (QED) is 0.718. The molecule has 0 aromatic carbocycles. The highest BCUT2D eigenvalue weighted by molar-refractivity contribution is 5.68. The zero-order valence-electron chi connectivity index (χ0n) is 11.8. The molecule has 104 valence electrons. The van der Waals surface area contributed by atoms with Crippen molar-refractivity contribution in [1.29, 1.82) is 0 Å². The summed E-state index contributed by atoms with van der Waals surface area (Å²) in [5.41, 5.74) is -0.460. The van der Waals surface area contributed by atoms with Gasteiger partial charge in [-0.15, -0.1) is 0 Å². The molecule has 1 saturated heterocycles. The summed E-state index contributed by atoms with van der Waals surface area (Å²) in [5, 5.41) is 0. The highest BCUT2D eigenvalue weighted by Crippen LogP contribution is 2.17. The number of hydrogen-bond donors (Lipinski definition) is 0. The number of carbonyl (C=O) groups excluding carboxylic acids is 2. The highest BCUT2D eigenvalue weighted by atomic mass is 16.6. The van der Waals surface area contributed by atoms with E-state index in [9.17, 15) is 9.59 Å². The number of likely N-dealkylation sites (tertiary alicyclic amines) is 1. The second-order valence-electron chi connectivity index (χ2n) is 5.83. The molecule has 1 aliphatic rings. The molecular weight excluding hydrogens is 232 g/mol. The Bertz CT molecular complexity index is 299. The van der Waals surface area contributed by atoms with Crippen molar-refractivity contribution in [2.24, 2.45) is 0 Å². The summed E-state index contributed by atoms with van der Waals surface area (Å²) < 4.78 is 5.36. The first-order valence-electron chi connectivity index (χ1n) is 6.45. The Morgan fingerprint density at radius 1 is 1.50 bits per heavy atom. The summed E-state index contributed by atoms with van der Waals surface area (Å²) in [4.78, 5) is 26.2. The molecule has 5 heteroatoms. The van der Waals surface area contributed by atoms with Gasteiger partial charge in [-0.05, 0) is 40.7 Å².